The lowest BCUT2D eigenvalue weighted by Crippen LogP contribution is -2.27. The van der Waals surface area contributed by atoms with Crippen LogP contribution in [0, 0.1) is 0 Å². The largest absolute Gasteiger partial charge is 0.488 e. The zero-order chi connectivity index (χ0) is 37.9. The number of ketones is 1. The molecule has 0 aliphatic carbocycles. The van der Waals surface area contributed by atoms with Crippen molar-refractivity contribution in [2.24, 2.45) is 0 Å². The fraction of sp³-hybridized carbons (Fsp3) is 0.140. The lowest BCUT2D eigenvalue weighted by Gasteiger charge is -2.30. The van der Waals surface area contributed by atoms with Gasteiger partial charge in [0.15, 0.2) is 23.4 Å². The molecule has 0 saturated carbocycles. The molecule has 1 aliphatic heterocycles. The molecule has 7 aromatic carbocycles. The summed E-state index contributed by atoms with van der Waals surface area (Å²) < 4.78 is 32.7. The van der Waals surface area contributed by atoms with E-state index in [1.54, 1.807) is 0 Å². The van der Waals surface area contributed by atoms with Crippen molar-refractivity contribution in [2.45, 2.75) is 45.4 Å². The summed E-state index contributed by atoms with van der Waals surface area (Å²) in [5.41, 5.74) is 7.43. The molecule has 1 heterocycles. The number of benzene rings is 7. The minimum atomic E-state index is -0.898. The van der Waals surface area contributed by atoms with Crippen molar-refractivity contribution in [3.8, 4) is 28.7 Å². The number of ether oxygens (including phenoxy) is 5. The Bertz CT molecular complexity index is 2350. The highest BCUT2D eigenvalue weighted by atomic mass is 16.5. The van der Waals surface area contributed by atoms with E-state index in [4.69, 9.17) is 23.7 Å². The minimum absolute atomic E-state index is 0.0855. The average Bonchev–Trinajstić information content (AvgIpc) is 3.26. The van der Waals surface area contributed by atoms with E-state index in [1.807, 2.05) is 164 Å². The molecule has 0 radical (unpaired) electrons. The first-order chi connectivity index (χ1) is 27.7. The summed E-state index contributed by atoms with van der Waals surface area (Å²) in [6, 6.07) is 57.8. The highest BCUT2D eigenvalue weighted by molar-refractivity contribution is 5.90. The van der Waals surface area contributed by atoms with Crippen LogP contribution < -0.4 is 23.7 Å². The maximum absolute atomic E-state index is 14.3. The second kappa shape index (κ2) is 17.6. The van der Waals surface area contributed by atoms with Gasteiger partial charge in [0, 0.05) is 35.6 Å². The lowest BCUT2D eigenvalue weighted by atomic mass is 9.91. The summed E-state index contributed by atoms with van der Waals surface area (Å²) >= 11 is 0. The van der Waals surface area contributed by atoms with Gasteiger partial charge in [-0.25, -0.2) is 0 Å². The first kappa shape index (κ1) is 36.2. The molecule has 1 atom stereocenters. The van der Waals surface area contributed by atoms with Gasteiger partial charge in [-0.05, 0) is 39.9 Å². The minimum Gasteiger partial charge on any atom is -0.488 e. The van der Waals surface area contributed by atoms with Crippen molar-refractivity contribution < 1.29 is 28.5 Å². The van der Waals surface area contributed by atoms with Crippen LogP contribution in [0.2, 0.25) is 0 Å². The molecule has 7 aromatic rings. The fourth-order valence-corrected chi connectivity index (χ4v) is 6.80. The molecule has 0 spiro atoms. The summed E-state index contributed by atoms with van der Waals surface area (Å²) in [4.78, 5) is 14.3. The van der Waals surface area contributed by atoms with Gasteiger partial charge < -0.3 is 23.7 Å². The van der Waals surface area contributed by atoms with Crippen LogP contribution in [-0.2, 0) is 44.1 Å². The standard InChI is InChI=1S/C50H42O6/c51-44-30-43-47(54-34-39-22-12-4-13-23-39)31-46(53-33-38-20-10-3-11-21-38)42(28-36-16-6-1-7-17-36)50(43)56-49(44)41-26-27-45(52-32-37-18-8-2-9-19-37)48(29-41)55-35-40-24-14-5-15-25-40/h1-27,29,31,49H,28,30,32-35H2/t49-/m1/s1. The third kappa shape index (κ3) is 8.94. The monoisotopic (exact) mass is 738 g/mol. The van der Waals surface area contributed by atoms with Gasteiger partial charge in [0.05, 0.1) is 0 Å². The molecular formula is C50H42O6. The van der Waals surface area contributed by atoms with E-state index in [0.717, 1.165) is 33.4 Å². The lowest BCUT2D eigenvalue weighted by molar-refractivity contribution is -0.126. The summed E-state index contributed by atoms with van der Waals surface area (Å²) in [5, 5.41) is 0. The summed E-state index contributed by atoms with van der Waals surface area (Å²) in [6.07, 6.45) is -0.243. The van der Waals surface area contributed by atoms with E-state index >= 15 is 0 Å². The Labute approximate surface area is 327 Å². The molecule has 0 aromatic heterocycles. The van der Waals surface area contributed by atoms with Crippen LogP contribution in [0.5, 0.6) is 28.7 Å². The van der Waals surface area contributed by atoms with Gasteiger partial charge in [0.1, 0.15) is 43.7 Å². The smallest absolute Gasteiger partial charge is 0.182 e. The van der Waals surface area contributed by atoms with E-state index in [2.05, 4.69) is 12.1 Å². The Hall–Kier alpha value is -6.79. The second-order valence-electron chi connectivity index (χ2n) is 13.8. The number of hydrogen-bond acceptors (Lipinski definition) is 6. The molecule has 1 aliphatic rings. The molecule has 0 saturated heterocycles. The predicted molar refractivity (Wildman–Crippen MR) is 217 cm³/mol. The highest BCUT2D eigenvalue weighted by Gasteiger charge is 2.35. The predicted octanol–water partition coefficient (Wildman–Crippen LogP) is 10.8. The van der Waals surface area contributed by atoms with Crippen molar-refractivity contribution in [1.82, 2.24) is 0 Å². The van der Waals surface area contributed by atoms with Crippen molar-refractivity contribution in [3.05, 3.63) is 220 Å². The van der Waals surface area contributed by atoms with Crippen LogP contribution in [0.15, 0.2) is 176 Å². The van der Waals surface area contributed by atoms with Gasteiger partial charge in [0.2, 0.25) is 0 Å². The van der Waals surface area contributed by atoms with Crippen LogP contribution in [0.3, 0.4) is 0 Å². The van der Waals surface area contributed by atoms with Gasteiger partial charge in [-0.3, -0.25) is 4.79 Å². The van der Waals surface area contributed by atoms with Crippen molar-refractivity contribution >= 4 is 5.78 Å². The van der Waals surface area contributed by atoms with Crippen LogP contribution in [-0.4, -0.2) is 5.78 Å². The van der Waals surface area contributed by atoms with E-state index in [-0.39, 0.29) is 12.2 Å². The maximum Gasteiger partial charge on any atom is 0.182 e. The molecule has 0 fully saturated rings. The first-order valence-corrected chi connectivity index (χ1v) is 18.9. The van der Waals surface area contributed by atoms with E-state index in [1.165, 1.54) is 0 Å². The number of carbonyl (C=O) groups is 1. The number of Topliss-reactive ketones (excluding diaryl/α,β-unsaturated/α-hetero) is 1. The first-order valence-electron chi connectivity index (χ1n) is 18.9. The quantitative estimate of drug-likeness (QED) is 0.104. The zero-order valence-electron chi connectivity index (χ0n) is 31.0. The number of fused-ring (bicyclic) bond motifs is 1. The Kier molecular flexibility index (Phi) is 11.4. The molecule has 56 heavy (non-hydrogen) atoms. The Morgan fingerprint density at radius 2 is 0.875 bits per heavy atom. The van der Waals surface area contributed by atoms with Crippen LogP contribution in [0.4, 0.5) is 0 Å². The highest BCUT2D eigenvalue weighted by Crippen LogP contribution is 2.47. The Morgan fingerprint density at radius 3 is 1.38 bits per heavy atom. The normalized spacial score (nSPS) is 13.3. The van der Waals surface area contributed by atoms with Crippen LogP contribution in [0.1, 0.15) is 50.6 Å². The zero-order valence-corrected chi connectivity index (χ0v) is 31.0. The van der Waals surface area contributed by atoms with Crippen LogP contribution >= 0.6 is 0 Å². The van der Waals surface area contributed by atoms with Crippen molar-refractivity contribution in [3.63, 3.8) is 0 Å². The molecule has 6 heteroatoms. The van der Waals surface area contributed by atoms with Crippen LogP contribution in [0.25, 0.3) is 0 Å². The summed E-state index contributed by atoms with van der Waals surface area (Å²) in [6.45, 7) is 1.39. The maximum atomic E-state index is 14.3. The van der Waals surface area contributed by atoms with Crippen molar-refractivity contribution in [2.75, 3.05) is 0 Å². The van der Waals surface area contributed by atoms with Gasteiger partial charge in [-0.15, -0.1) is 0 Å². The summed E-state index contributed by atoms with van der Waals surface area (Å²) in [7, 11) is 0. The van der Waals surface area contributed by atoms with E-state index in [0.29, 0.717) is 72.7 Å². The third-order valence-corrected chi connectivity index (χ3v) is 9.73. The second-order valence-corrected chi connectivity index (χ2v) is 13.8. The topological polar surface area (TPSA) is 63.2 Å². The van der Waals surface area contributed by atoms with Gasteiger partial charge in [-0.1, -0.05) is 158 Å². The molecule has 0 amide bonds. The third-order valence-electron chi connectivity index (χ3n) is 9.73. The van der Waals surface area contributed by atoms with E-state index in [9.17, 15) is 4.79 Å². The molecule has 0 unspecified atom stereocenters. The molecule has 0 N–H and O–H groups in total. The van der Waals surface area contributed by atoms with Gasteiger partial charge in [-0.2, -0.15) is 0 Å². The molecule has 278 valence electrons. The fourth-order valence-electron chi connectivity index (χ4n) is 6.80. The van der Waals surface area contributed by atoms with Crippen molar-refractivity contribution in [1.29, 1.82) is 0 Å². The Balaban J connectivity index is 1.17. The molecule has 6 nitrogen and oxygen atoms in total. The number of carbonyl (C=O) groups excluding carboxylic acids is 1. The van der Waals surface area contributed by atoms with Gasteiger partial charge >= 0.3 is 0 Å². The Morgan fingerprint density at radius 1 is 0.446 bits per heavy atom. The number of rotatable bonds is 15. The molecule has 8 rings (SSSR count). The van der Waals surface area contributed by atoms with Gasteiger partial charge in [0.25, 0.3) is 0 Å². The molecule has 0 bridgehead atoms. The number of hydrogen-bond donors (Lipinski definition) is 0. The molecular weight excluding hydrogens is 697 g/mol. The van der Waals surface area contributed by atoms with E-state index < -0.39 is 6.10 Å². The summed E-state index contributed by atoms with van der Waals surface area (Å²) in [5.74, 6) is 2.83. The average molecular weight is 739 g/mol. The SMILES string of the molecule is O=C1Cc2c(OCc3ccccc3)cc(OCc3ccccc3)c(Cc3ccccc3)c2O[C@@H]1c1ccc(OCc2ccccc2)c(OCc2ccccc2)c1.